The Morgan fingerprint density at radius 3 is 2.44 bits per heavy atom. The molecule has 0 atom stereocenters. The van der Waals surface area contributed by atoms with Crippen molar-refractivity contribution in [2.45, 2.75) is 30.6 Å². The first-order chi connectivity index (χ1) is 12.0. The Bertz CT molecular complexity index is 755. The molecule has 0 saturated carbocycles. The van der Waals surface area contributed by atoms with Crippen LogP contribution in [0.5, 0.6) is 0 Å². The van der Waals surface area contributed by atoms with Crippen LogP contribution in [0.4, 0.5) is 0 Å². The SMILES string of the molecule is O=CN1CCN(C(=O)CNS(=O)(=O)c2ccc3c(c2)CCCC3)CC1. The molecule has 136 valence electrons. The van der Waals surface area contributed by atoms with E-state index >= 15 is 0 Å². The second kappa shape index (κ2) is 7.53. The van der Waals surface area contributed by atoms with Gasteiger partial charge >= 0.3 is 0 Å². The molecule has 1 aliphatic heterocycles. The van der Waals surface area contributed by atoms with E-state index in [2.05, 4.69) is 4.72 Å². The number of piperazine rings is 1. The molecule has 1 aromatic carbocycles. The zero-order valence-electron chi connectivity index (χ0n) is 14.1. The van der Waals surface area contributed by atoms with Crippen molar-refractivity contribution in [1.82, 2.24) is 14.5 Å². The summed E-state index contributed by atoms with van der Waals surface area (Å²) in [4.78, 5) is 26.3. The van der Waals surface area contributed by atoms with Crippen LogP contribution in [0.15, 0.2) is 23.1 Å². The average Bonchev–Trinajstić information content (AvgIpc) is 2.66. The molecule has 0 unspecified atom stereocenters. The molecule has 0 aromatic heterocycles. The molecule has 0 radical (unpaired) electrons. The van der Waals surface area contributed by atoms with Gasteiger partial charge in [0.2, 0.25) is 22.3 Å². The van der Waals surface area contributed by atoms with Crippen LogP contribution in [-0.2, 0) is 32.5 Å². The number of benzene rings is 1. The molecule has 0 bridgehead atoms. The van der Waals surface area contributed by atoms with E-state index in [1.54, 1.807) is 21.9 Å². The molecule has 0 spiro atoms. The first kappa shape index (κ1) is 17.9. The van der Waals surface area contributed by atoms with Gasteiger partial charge < -0.3 is 9.80 Å². The highest BCUT2D eigenvalue weighted by Crippen LogP contribution is 2.24. The minimum absolute atomic E-state index is 0.215. The number of nitrogens with one attached hydrogen (secondary N) is 1. The van der Waals surface area contributed by atoms with Crippen molar-refractivity contribution in [3.8, 4) is 0 Å². The summed E-state index contributed by atoms with van der Waals surface area (Å²) in [5, 5.41) is 0. The van der Waals surface area contributed by atoms with E-state index in [1.165, 1.54) is 5.56 Å². The monoisotopic (exact) mass is 365 g/mol. The number of carbonyl (C=O) groups is 2. The Balaban J connectivity index is 1.60. The lowest BCUT2D eigenvalue weighted by Crippen LogP contribution is -2.50. The molecule has 1 heterocycles. The average molecular weight is 365 g/mol. The van der Waals surface area contributed by atoms with Crippen LogP contribution >= 0.6 is 0 Å². The normalized spacial score (nSPS) is 17.9. The Kier molecular flexibility index (Phi) is 5.39. The number of rotatable bonds is 5. The third-order valence-corrected chi connectivity index (χ3v) is 6.26. The van der Waals surface area contributed by atoms with Gasteiger partial charge in [-0.3, -0.25) is 9.59 Å². The van der Waals surface area contributed by atoms with Gasteiger partial charge in [0.1, 0.15) is 0 Å². The summed E-state index contributed by atoms with van der Waals surface area (Å²) in [5.74, 6) is -0.271. The fourth-order valence-corrected chi connectivity index (χ4v) is 4.33. The molecule has 7 nitrogen and oxygen atoms in total. The minimum Gasteiger partial charge on any atom is -0.342 e. The van der Waals surface area contributed by atoms with E-state index in [9.17, 15) is 18.0 Å². The standard InChI is InChI=1S/C17H23N3O4S/c21-13-19-7-9-20(10-8-19)17(22)12-18-25(23,24)16-6-5-14-3-1-2-4-15(14)11-16/h5-6,11,13,18H,1-4,7-10,12H2. The molecular weight excluding hydrogens is 342 g/mol. The van der Waals surface area contributed by atoms with Crippen LogP contribution < -0.4 is 4.72 Å². The molecule has 2 aliphatic rings. The maximum atomic E-state index is 12.5. The number of hydrogen-bond acceptors (Lipinski definition) is 4. The maximum Gasteiger partial charge on any atom is 0.241 e. The lowest BCUT2D eigenvalue weighted by molar-refractivity contribution is -0.134. The zero-order valence-corrected chi connectivity index (χ0v) is 14.9. The predicted octanol–water partition coefficient (Wildman–Crippen LogP) is 0.144. The molecule has 1 N–H and O–H groups in total. The summed E-state index contributed by atoms with van der Waals surface area (Å²) in [5.41, 5.74) is 2.31. The summed E-state index contributed by atoms with van der Waals surface area (Å²) in [6.07, 6.45) is 4.88. The Morgan fingerprint density at radius 2 is 1.76 bits per heavy atom. The van der Waals surface area contributed by atoms with E-state index in [0.29, 0.717) is 26.2 Å². The molecule has 3 rings (SSSR count). The number of hydrogen-bond donors (Lipinski definition) is 1. The second-order valence-electron chi connectivity index (χ2n) is 6.48. The lowest BCUT2D eigenvalue weighted by Gasteiger charge is -2.32. The fraction of sp³-hybridized carbons (Fsp3) is 0.529. The van der Waals surface area contributed by atoms with Crippen LogP contribution in [0.2, 0.25) is 0 Å². The summed E-state index contributed by atoms with van der Waals surface area (Å²) < 4.78 is 27.3. The lowest BCUT2D eigenvalue weighted by atomic mass is 9.92. The maximum absolute atomic E-state index is 12.5. The first-order valence-electron chi connectivity index (χ1n) is 8.58. The topological polar surface area (TPSA) is 86.8 Å². The van der Waals surface area contributed by atoms with Gasteiger partial charge in [-0.2, -0.15) is 0 Å². The largest absolute Gasteiger partial charge is 0.342 e. The Hall–Kier alpha value is -1.93. The van der Waals surface area contributed by atoms with Crippen molar-refractivity contribution < 1.29 is 18.0 Å². The summed E-state index contributed by atoms with van der Waals surface area (Å²) in [7, 11) is -3.71. The fourth-order valence-electron chi connectivity index (χ4n) is 3.31. The van der Waals surface area contributed by atoms with Crippen molar-refractivity contribution in [2.24, 2.45) is 0 Å². The highest BCUT2D eigenvalue weighted by molar-refractivity contribution is 7.89. The molecule has 2 amide bonds. The molecule has 1 saturated heterocycles. The minimum atomic E-state index is -3.71. The van der Waals surface area contributed by atoms with Gasteiger partial charge in [0.15, 0.2) is 0 Å². The van der Waals surface area contributed by atoms with Crippen LogP contribution in [0, 0.1) is 0 Å². The number of carbonyl (C=O) groups excluding carboxylic acids is 2. The van der Waals surface area contributed by atoms with Crippen molar-refractivity contribution >= 4 is 22.3 Å². The number of fused-ring (bicyclic) bond motifs is 1. The molecule has 8 heteroatoms. The van der Waals surface area contributed by atoms with E-state index in [1.807, 2.05) is 6.07 Å². The van der Waals surface area contributed by atoms with Gasteiger partial charge in [0, 0.05) is 26.2 Å². The van der Waals surface area contributed by atoms with E-state index in [4.69, 9.17) is 0 Å². The smallest absolute Gasteiger partial charge is 0.241 e. The predicted molar refractivity (Wildman–Crippen MR) is 92.5 cm³/mol. The van der Waals surface area contributed by atoms with Gasteiger partial charge in [-0.1, -0.05) is 6.07 Å². The molecular formula is C17H23N3O4S. The number of nitrogens with zero attached hydrogens (tertiary/aromatic N) is 2. The van der Waals surface area contributed by atoms with Gasteiger partial charge in [0.05, 0.1) is 11.4 Å². The van der Waals surface area contributed by atoms with Gasteiger partial charge in [-0.15, -0.1) is 0 Å². The quantitative estimate of drug-likeness (QED) is 0.752. The van der Waals surface area contributed by atoms with Crippen molar-refractivity contribution in [3.05, 3.63) is 29.3 Å². The summed E-state index contributed by atoms with van der Waals surface area (Å²) in [6, 6.07) is 5.22. The zero-order chi connectivity index (χ0) is 17.9. The third kappa shape index (κ3) is 4.19. The van der Waals surface area contributed by atoms with Gasteiger partial charge in [-0.05, 0) is 48.9 Å². The van der Waals surface area contributed by atoms with Crippen molar-refractivity contribution in [2.75, 3.05) is 32.7 Å². The second-order valence-corrected chi connectivity index (χ2v) is 8.25. The number of sulfonamides is 1. The highest BCUT2D eigenvalue weighted by Gasteiger charge is 2.23. The molecule has 25 heavy (non-hydrogen) atoms. The third-order valence-electron chi connectivity index (χ3n) is 4.86. The molecule has 1 aliphatic carbocycles. The Morgan fingerprint density at radius 1 is 1.08 bits per heavy atom. The van der Waals surface area contributed by atoms with E-state index < -0.39 is 10.0 Å². The highest BCUT2D eigenvalue weighted by atomic mass is 32.2. The van der Waals surface area contributed by atoms with Crippen molar-refractivity contribution in [3.63, 3.8) is 0 Å². The first-order valence-corrected chi connectivity index (χ1v) is 10.1. The van der Waals surface area contributed by atoms with Crippen LogP contribution in [0.25, 0.3) is 0 Å². The van der Waals surface area contributed by atoms with Gasteiger partial charge in [-0.25, -0.2) is 13.1 Å². The van der Waals surface area contributed by atoms with Crippen LogP contribution in [-0.4, -0.2) is 63.3 Å². The Labute approximate surface area is 148 Å². The van der Waals surface area contributed by atoms with Crippen LogP contribution in [0.3, 0.4) is 0 Å². The van der Waals surface area contributed by atoms with Crippen LogP contribution in [0.1, 0.15) is 24.0 Å². The molecule has 1 aromatic rings. The van der Waals surface area contributed by atoms with Gasteiger partial charge in [0.25, 0.3) is 0 Å². The van der Waals surface area contributed by atoms with Crippen molar-refractivity contribution in [1.29, 1.82) is 0 Å². The summed E-state index contributed by atoms with van der Waals surface area (Å²) in [6.45, 7) is 1.55. The number of aryl methyl sites for hydroxylation is 2. The van der Waals surface area contributed by atoms with E-state index in [0.717, 1.165) is 37.7 Å². The van der Waals surface area contributed by atoms with E-state index in [-0.39, 0.29) is 17.3 Å². The molecule has 1 fully saturated rings. The number of amides is 2. The summed E-state index contributed by atoms with van der Waals surface area (Å²) >= 11 is 0.